The van der Waals surface area contributed by atoms with Gasteiger partial charge in [0.1, 0.15) is 0 Å². The average Bonchev–Trinajstić information content (AvgIpc) is 3.39. The van der Waals surface area contributed by atoms with Gasteiger partial charge in [0.05, 0.1) is 15.7 Å². The van der Waals surface area contributed by atoms with Gasteiger partial charge in [-0.2, -0.15) is 9.29 Å². The number of hydrogen-bond acceptors (Lipinski definition) is 7. The summed E-state index contributed by atoms with van der Waals surface area (Å²) in [5.74, 6) is 0.842. The predicted octanol–water partition coefficient (Wildman–Crippen LogP) is 5.03. The summed E-state index contributed by atoms with van der Waals surface area (Å²) in [6.45, 7) is 6.32. The first-order valence-corrected chi connectivity index (χ1v) is 14.3. The number of benzene rings is 1. The molecule has 0 bridgehead atoms. The number of nitrogens with one attached hydrogen (secondary N) is 1. The summed E-state index contributed by atoms with van der Waals surface area (Å²) in [6.07, 6.45) is 4.57. The van der Waals surface area contributed by atoms with Crippen molar-refractivity contribution in [3.8, 4) is 10.7 Å². The van der Waals surface area contributed by atoms with E-state index < -0.39 is 15.9 Å². The van der Waals surface area contributed by atoms with Crippen LogP contribution >= 0.6 is 11.3 Å². The molecule has 1 aromatic carbocycles. The molecule has 186 valence electrons. The molecular weight excluding hydrogens is 484 g/mol. The van der Waals surface area contributed by atoms with Gasteiger partial charge in [-0.1, -0.05) is 17.6 Å². The minimum atomic E-state index is -3.76. The Kier molecular flexibility index (Phi) is 6.54. The third-order valence-electron chi connectivity index (χ3n) is 6.85. The number of aromatic nitrogens is 2. The van der Waals surface area contributed by atoms with Crippen molar-refractivity contribution >= 4 is 33.0 Å². The largest absolute Gasteiger partial charge is 0.339 e. The summed E-state index contributed by atoms with van der Waals surface area (Å²) in [5.41, 5.74) is 2.88. The fourth-order valence-electron chi connectivity index (χ4n) is 4.79. The summed E-state index contributed by atoms with van der Waals surface area (Å²) in [4.78, 5) is 19.1. The first-order chi connectivity index (χ1) is 16.7. The first-order valence-electron chi connectivity index (χ1n) is 12.0. The van der Waals surface area contributed by atoms with E-state index in [-0.39, 0.29) is 17.3 Å². The zero-order chi connectivity index (χ0) is 24.7. The molecule has 5 rings (SSSR count). The van der Waals surface area contributed by atoms with Gasteiger partial charge in [0.15, 0.2) is 0 Å². The highest BCUT2D eigenvalue weighted by molar-refractivity contribution is 7.89. The minimum Gasteiger partial charge on any atom is -0.339 e. The average molecular weight is 515 g/mol. The highest BCUT2D eigenvalue weighted by atomic mass is 32.2. The van der Waals surface area contributed by atoms with Crippen molar-refractivity contribution in [2.75, 3.05) is 18.4 Å². The number of piperidine rings is 1. The highest BCUT2D eigenvalue weighted by Crippen LogP contribution is 2.38. The van der Waals surface area contributed by atoms with Crippen molar-refractivity contribution in [3.05, 3.63) is 46.2 Å². The lowest BCUT2D eigenvalue weighted by molar-refractivity contribution is -0.120. The highest BCUT2D eigenvalue weighted by Gasteiger charge is 2.35. The maximum absolute atomic E-state index is 13.6. The molecular formula is C25H30N4O4S2. The number of anilines is 1. The molecule has 1 N–H and O–H groups in total. The second kappa shape index (κ2) is 9.48. The summed E-state index contributed by atoms with van der Waals surface area (Å²) < 4.78 is 34.0. The number of thiophene rings is 1. The summed E-state index contributed by atoms with van der Waals surface area (Å²) in [6, 6.07) is 7.54. The van der Waals surface area contributed by atoms with Gasteiger partial charge in [-0.25, -0.2) is 8.42 Å². The standard InChI is InChI=1S/C25H30N4O4S2/c1-15-10-16(2)12-20(11-15)26-24(30)19-8-5-9-29(14-19)35(31,32)22-13-21(34-17(22)3)23-27-25(33-28-23)18-6-4-7-18/h10-13,18-19H,4-9,14H2,1-3H3,(H,26,30)/t19-/m1/s1. The minimum absolute atomic E-state index is 0.145. The third-order valence-corrected chi connectivity index (χ3v) is 10.0. The van der Waals surface area contributed by atoms with E-state index in [1.165, 1.54) is 22.1 Å². The van der Waals surface area contributed by atoms with Crippen molar-refractivity contribution in [2.45, 2.75) is 63.7 Å². The summed E-state index contributed by atoms with van der Waals surface area (Å²) >= 11 is 1.35. The van der Waals surface area contributed by atoms with Crippen molar-refractivity contribution < 1.29 is 17.7 Å². The zero-order valence-corrected chi connectivity index (χ0v) is 21.8. The molecule has 0 radical (unpaired) electrons. The topological polar surface area (TPSA) is 105 Å². The molecule has 35 heavy (non-hydrogen) atoms. The monoisotopic (exact) mass is 514 g/mol. The van der Waals surface area contributed by atoms with E-state index in [1.807, 2.05) is 32.0 Å². The fraction of sp³-hybridized carbons (Fsp3) is 0.480. The second-order valence-corrected chi connectivity index (χ2v) is 12.8. The van der Waals surface area contributed by atoms with Crippen LogP contribution in [0, 0.1) is 26.7 Å². The Hall–Kier alpha value is -2.56. The molecule has 3 aromatic rings. The number of rotatable bonds is 6. The molecule has 0 unspecified atom stereocenters. The van der Waals surface area contributed by atoms with Gasteiger partial charge in [0, 0.05) is 29.6 Å². The number of sulfonamides is 1. The van der Waals surface area contributed by atoms with Crippen LogP contribution in [0.3, 0.4) is 0 Å². The number of hydrogen-bond donors (Lipinski definition) is 1. The van der Waals surface area contributed by atoms with E-state index in [9.17, 15) is 13.2 Å². The fourth-order valence-corrected chi connectivity index (χ4v) is 7.80. The third kappa shape index (κ3) is 4.92. The lowest BCUT2D eigenvalue weighted by Crippen LogP contribution is -2.43. The van der Waals surface area contributed by atoms with Gasteiger partial charge < -0.3 is 9.84 Å². The van der Waals surface area contributed by atoms with E-state index >= 15 is 0 Å². The van der Waals surface area contributed by atoms with Crippen LogP contribution < -0.4 is 5.32 Å². The molecule has 2 fully saturated rings. The van der Waals surface area contributed by atoms with E-state index in [0.29, 0.717) is 46.8 Å². The maximum atomic E-state index is 13.6. The van der Waals surface area contributed by atoms with Crippen LogP contribution in [0.1, 0.15) is 59.9 Å². The van der Waals surface area contributed by atoms with E-state index in [1.54, 1.807) is 13.0 Å². The Labute approximate surface area is 209 Å². The lowest BCUT2D eigenvalue weighted by Gasteiger charge is -2.31. The number of aryl methyl sites for hydroxylation is 3. The second-order valence-electron chi connectivity index (χ2n) is 9.68. The smallest absolute Gasteiger partial charge is 0.244 e. The molecule has 1 aliphatic heterocycles. The molecule has 2 aromatic heterocycles. The molecule has 3 heterocycles. The van der Waals surface area contributed by atoms with Crippen LogP contribution in [0.5, 0.6) is 0 Å². The summed E-state index contributed by atoms with van der Waals surface area (Å²) in [7, 11) is -3.76. The Morgan fingerprint density at radius 3 is 2.51 bits per heavy atom. The van der Waals surface area contributed by atoms with Crippen LogP contribution in [-0.2, 0) is 14.8 Å². The van der Waals surface area contributed by atoms with Crippen molar-refractivity contribution in [1.29, 1.82) is 0 Å². The predicted molar refractivity (Wildman–Crippen MR) is 135 cm³/mol. The van der Waals surface area contributed by atoms with Crippen LogP contribution in [0.4, 0.5) is 5.69 Å². The molecule has 1 atom stereocenters. The number of nitrogens with zero attached hydrogens (tertiary/aromatic N) is 3. The first kappa shape index (κ1) is 24.1. The number of amides is 1. The quantitative estimate of drug-likeness (QED) is 0.495. The number of carbonyl (C=O) groups is 1. The normalized spacial score (nSPS) is 19.5. The van der Waals surface area contributed by atoms with E-state index in [0.717, 1.165) is 29.7 Å². The zero-order valence-electron chi connectivity index (χ0n) is 20.2. The van der Waals surface area contributed by atoms with Gasteiger partial charge in [-0.05, 0) is 75.8 Å². The molecule has 10 heteroatoms. The van der Waals surface area contributed by atoms with Gasteiger partial charge >= 0.3 is 0 Å². The van der Waals surface area contributed by atoms with E-state index in [2.05, 4.69) is 15.5 Å². The Bertz CT molecular complexity index is 1340. The molecule has 1 amide bonds. The SMILES string of the molecule is Cc1cc(C)cc(NC(=O)[C@@H]2CCCN(S(=O)(=O)c3cc(-c4noc(C5CCC5)n4)sc3C)C2)c1. The Morgan fingerprint density at radius 2 is 1.83 bits per heavy atom. The van der Waals surface area contributed by atoms with Gasteiger partial charge in [0.25, 0.3) is 0 Å². The lowest BCUT2D eigenvalue weighted by atomic mass is 9.85. The summed E-state index contributed by atoms with van der Waals surface area (Å²) in [5, 5.41) is 7.07. The number of carbonyl (C=O) groups excluding carboxylic acids is 1. The van der Waals surface area contributed by atoms with Crippen molar-refractivity contribution in [3.63, 3.8) is 0 Å². The van der Waals surface area contributed by atoms with Crippen LogP contribution in [-0.4, -0.2) is 41.9 Å². The van der Waals surface area contributed by atoms with Crippen molar-refractivity contribution in [2.24, 2.45) is 5.92 Å². The molecule has 1 aliphatic carbocycles. The molecule has 8 nitrogen and oxygen atoms in total. The molecule has 2 aliphatic rings. The van der Waals surface area contributed by atoms with Gasteiger partial charge in [-0.15, -0.1) is 11.3 Å². The van der Waals surface area contributed by atoms with Crippen LogP contribution in [0.15, 0.2) is 33.7 Å². The van der Waals surface area contributed by atoms with E-state index in [4.69, 9.17) is 4.52 Å². The van der Waals surface area contributed by atoms with Crippen LogP contribution in [0.2, 0.25) is 0 Å². The Morgan fingerprint density at radius 1 is 1.09 bits per heavy atom. The molecule has 1 saturated heterocycles. The Balaban J connectivity index is 1.32. The van der Waals surface area contributed by atoms with Crippen molar-refractivity contribution in [1.82, 2.24) is 14.4 Å². The van der Waals surface area contributed by atoms with Gasteiger partial charge in [0.2, 0.25) is 27.6 Å². The molecule has 1 saturated carbocycles. The van der Waals surface area contributed by atoms with Gasteiger partial charge in [-0.3, -0.25) is 4.79 Å². The van der Waals surface area contributed by atoms with Crippen LogP contribution in [0.25, 0.3) is 10.7 Å². The maximum Gasteiger partial charge on any atom is 0.244 e. The molecule has 0 spiro atoms.